The molecule has 208 valence electrons. The Labute approximate surface area is 225 Å². The zero-order valence-corrected chi connectivity index (χ0v) is 21.3. The smallest absolute Gasteiger partial charge is 0.424 e. The average molecular weight is 557 g/mol. The molecule has 5 rings (SSSR count). The first-order valence-electron chi connectivity index (χ1n) is 12.1. The number of nitrogens with one attached hydrogen (secondary N) is 1. The van der Waals surface area contributed by atoms with E-state index in [0.717, 1.165) is 18.2 Å². The highest BCUT2D eigenvalue weighted by Crippen LogP contribution is 2.46. The van der Waals surface area contributed by atoms with E-state index < -0.39 is 41.3 Å². The molecule has 40 heavy (non-hydrogen) atoms. The lowest BCUT2D eigenvalue weighted by Gasteiger charge is -2.31. The highest BCUT2D eigenvalue weighted by atomic mass is 19.4. The molecular weight excluding hydrogens is 532 g/mol. The van der Waals surface area contributed by atoms with Crippen LogP contribution in [0.15, 0.2) is 60.8 Å². The van der Waals surface area contributed by atoms with E-state index in [1.165, 1.54) is 37.6 Å². The van der Waals surface area contributed by atoms with Crippen LogP contribution in [-0.2, 0) is 11.1 Å². The zero-order chi connectivity index (χ0) is 28.9. The van der Waals surface area contributed by atoms with Crippen LogP contribution in [0.5, 0.6) is 11.5 Å². The Morgan fingerprint density at radius 1 is 1.20 bits per heavy atom. The Balaban J connectivity index is 1.56. The van der Waals surface area contributed by atoms with Gasteiger partial charge in [0.15, 0.2) is 5.75 Å². The second-order valence-electron chi connectivity index (χ2n) is 9.74. The number of nitrogens with two attached hydrogens (primary N) is 1. The molecule has 2 atom stereocenters. The maximum Gasteiger partial charge on any atom is 0.424 e. The van der Waals surface area contributed by atoms with Gasteiger partial charge in [-0.2, -0.15) is 13.2 Å². The van der Waals surface area contributed by atoms with E-state index >= 15 is 0 Å². The second-order valence-corrected chi connectivity index (χ2v) is 9.74. The fraction of sp³-hybridized carbons (Fsp3) is 0.250. The lowest BCUT2D eigenvalue weighted by Crippen LogP contribution is -2.51. The Hall–Kier alpha value is -4.29. The number of ether oxygens (including phenoxy) is 2. The first kappa shape index (κ1) is 27.3. The fourth-order valence-corrected chi connectivity index (χ4v) is 4.51. The molecule has 1 amide bonds. The standard InChI is InChI=1S/C28H24F4N4O4/c1-26(33)14-40-24-19(26)12-21(36-23(24)15-5-7-18(29)8-6-15)27(38,28(30,31)32)13-35-25(37)17-10-16-4-3-9-34-22(16)20(11-17)39-2/h3-12,38H,13-14,33H2,1-2H3,(H,35,37)/t26-,27?/m0/s1. The Kier molecular flexibility index (Phi) is 6.63. The van der Waals surface area contributed by atoms with E-state index in [1.54, 1.807) is 19.1 Å². The van der Waals surface area contributed by atoms with Gasteiger partial charge in [-0.1, -0.05) is 6.07 Å². The Morgan fingerprint density at radius 3 is 2.60 bits per heavy atom. The van der Waals surface area contributed by atoms with Crippen molar-refractivity contribution in [1.29, 1.82) is 0 Å². The van der Waals surface area contributed by atoms with Crippen LogP contribution >= 0.6 is 0 Å². The summed E-state index contributed by atoms with van der Waals surface area (Å²) in [6, 6.07) is 12.0. The number of halogens is 4. The Morgan fingerprint density at radius 2 is 1.93 bits per heavy atom. The first-order valence-corrected chi connectivity index (χ1v) is 12.1. The van der Waals surface area contributed by atoms with Gasteiger partial charge in [0.1, 0.15) is 29.4 Å². The van der Waals surface area contributed by atoms with Gasteiger partial charge in [-0.25, -0.2) is 9.37 Å². The van der Waals surface area contributed by atoms with Crippen LogP contribution in [0.3, 0.4) is 0 Å². The quantitative estimate of drug-likeness (QED) is 0.305. The summed E-state index contributed by atoms with van der Waals surface area (Å²) in [4.78, 5) is 21.3. The van der Waals surface area contributed by atoms with E-state index in [2.05, 4.69) is 15.3 Å². The molecule has 4 aromatic rings. The molecule has 1 aliphatic rings. The number of aliphatic hydroxyl groups is 1. The number of hydrogen-bond acceptors (Lipinski definition) is 7. The molecule has 0 spiro atoms. The van der Waals surface area contributed by atoms with Crippen molar-refractivity contribution >= 4 is 16.8 Å². The van der Waals surface area contributed by atoms with E-state index in [4.69, 9.17) is 15.2 Å². The normalized spacial score (nSPS) is 18.1. The summed E-state index contributed by atoms with van der Waals surface area (Å²) in [5.41, 5.74) is 1.51. The summed E-state index contributed by atoms with van der Waals surface area (Å²) in [5.74, 6) is -1.07. The monoisotopic (exact) mass is 556 g/mol. The van der Waals surface area contributed by atoms with Gasteiger partial charge < -0.3 is 25.6 Å². The minimum atomic E-state index is -5.27. The van der Waals surface area contributed by atoms with Crippen LogP contribution in [0.1, 0.15) is 28.5 Å². The van der Waals surface area contributed by atoms with Gasteiger partial charge in [0.05, 0.1) is 24.9 Å². The Bertz CT molecular complexity index is 1610. The third kappa shape index (κ3) is 4.69. The van der Waals surface area contributed by atoms with Crippen LogP contribution in [0, 0.1) is 5.82 Å². The minimum absolute atomic E-state index is 0.00118. The molecule has 8 nitrogen and oxygen atoms in total. The van der Waals surface area contributed by atoms with Gasteiger partial charge in [-0.05, 0) is 55.5 Å². The van der Waals surface area contributed by atoms with Crippen LogP contribution < -0.4 is 20.5 Å². The van der Waals surface area contributed by atoms with Crippen molar-refractivity contribution in [2.75, 3.05) is 20.3 Å². The largest absolute Gasteiger partial charge is 0.494 e. The number of carbonyl (C=O) groups is 1. The molecule has 2 aromatic heterocycles. The minimum Gasteiger partial charge on any atom is -0.494 e. The summed E-state index contributed by atoms with van der Waals surface area (Å²) in [7, 11) is 1.38. The van der Waals surface area contributed by atoms with Crippen LogP contribution in [-0.4, -0.2) is 47.4 Å². The predicted molar refractivity (Wildman–Crippen MR) is 137 cm³/mol. The number of alkyl halides is 3. The molecule has 0 fully saturated rings. The number of benzene rings is 2. The van der Waals surface area contributed by atoms with Gasteiger partial charge in [0.2, 0.25) is 5.60 Å². The van der Waals surface area contributed by atoms with Crippen molar-refractivity contribution < 1.29 is 36.9 Å². The number of amides is 1. The van der Waals surface area contributed by atoms with Crippen LogP contribution in [0.2, 0.25) is 0 Å². The highest BCUT2D eigenvalue weighted by molar-refractivity contribution is 5.99. The number of pyridine rings is 2. The summed E-state index contributed by atoms with van der Waals surface area (Å²) >= 11 is 0. The average Bonchev–Trinajstić information content (AvgIpc) is 3.24. The molecule has 1 unspecified atom stereocenters. The SMILES string of the molecule is COc1cc(C(=O)NCC(O)(c2cc3c(c(-c4ccc(F)cc4)n2)OC[C@]3(C)N)C(F)(F)F)cc2cccnc12. The van der Waals surface area contributed by atoms with Crippen molar-refractivity contribution in [2.24, 2.45) is 5.73 Å². The number of rotatable bonds is 6. The molecule has 0 radical (unpaired) electrons. The van der Waals surface area contributed by atoms with Crippen molar-refractivity contribution in [3.63, 3.8) is 0 Å². The van der Waals surface area contributed by atoms with E-state index in [1.807, 2.05) is 0 Å². The van der Waals surface area contributed by atoms with Crippen molar-refractivity contribution in [3.05, 3.63) is 83.4 Å². The van der Waals surface area contributed by atoms with Crippen LogP contribution in [0.25, 0.3) is 22.2 Å². The molecule has 3 heterocycles. The molecular formula is C28H24F4N4O4. The molecule has 1 aliphatic heterocycles. The second kappa shape index (κ2) is 9.72. The van der Waals surface area contributed by atoms with Gasteiger partial charge in [-0.3, -0.25) is 9.78 Å². The van der Waals surface area contributed by atoms with E-state index in [0.29, 0.717) is 10.9 Å². The topological polar surface area (TPSA) is 120 Å². The van der Waals surface area contributed by atoms with Crippen molar-refractivity contribution in [1.82, 2.24) is 15.3 Å². The number of carbonyl (C=O) groups excluding carboxylic acids is 1. The molecule has 0 aliphatic carbocycles. The number of methoxy groups -OCH3 is 1. The van der Waals surface area contributed by atoms with E-state index in [9.17, 15) is 27.5 Å². The molecule has 0 saturated heterocycles. The van der Waals surface area contributed by atoms with Gasteiger partial charge >= 0.3 is 6.18 Å². The fourth-order valence-electron chi connectivity index (χ4n) is 4.51. The maximum absolute atomic E-state index is 14.5. The zero-order valence-electron chi connectivity index (χ0n) is 21.3. The molecule has 0 bridgehead atoms. The number of nitrogens with zero attached hydrogens (tertiary/aromatic N) is 2. The first-order chi connectivity index (χ1) is 18.8. The van der Waals surface area contributed by atoms with E-state index in [-0.39, 0.29) is 40.5 Å². The summed E-state index contributed by atoms with van der Waals surface area (Å²) < 4.78 is 68.1. The molecule has 12 heteroatoms. The number of fused-ring (bicyclic) bond motifs is 2. The van der Waals surface area contributed by atoms with Gasteiger partial charge in [0, 0.05) is 28.3 Å². The number of hydrogen-bond donors (Lipinski definition) is 3. The third-order valence-electron chi connectivity index (χ3n) is 6.77. The van der Waals surface area contributed by atoms with Crippen LogP contribution in [0.4, 0.5) is 17.6 Å². The highest BCUT2D eigenvalue weighted by Gasteiger charge is 2.57. The molecule has 0 saturated carbocycles. The summed E-state index contributed by atoms with van der Waals surface area (Å²) in [6.07, 6.45) is -3.73. The lowest BCUT2D eigenvalue weighted by atomic mass is 9.89. The van der Waals surface area contributed by atoms with Crippen molar-refractivity contribution in [2.45, 2.75) is 24.2 Å². The lowest BCUT2D eigenvalue weighted by molar-refractivity contribution is -0.265. The van der Waals surface area contributed by atoms with Gasteiger partial charge in [-0.15, -0.1) is 0 Å². The maximum atomic E-state index is 14.5. The van der Waals surface area contributed by atoms with Crippen molar-refractivity contribution in [3.8, 4) is 22.8 Å². The number of aromatic nitrogens is 2. The molecule has 4 N–H and O–H groups in total. The van der Waals surface area contributed by atoms with Gasteiger partial charge in [0.25, 0.3) is 5.91 Å². The summed E-state index contributed by atoms with van der Waals surface area (Å²) in [5, 5.41) is 13.8. The summed E-state index contributed by atoms with van der Waals surface area (Å²) in [6.45, 7) is 0.244. The molecule has 2 aromatic carbocycles. The third-order valence-corrected chi connectivity index (χ3v) is 6.77. The predicted octanol–water partition coefficient (Wildman–Crippen LogP) is 4.19.